The lowest BCUT2D eigenvalue weighted by Crippen LogP contribution is -2.33. The van der Waals surface area contributed by atoms with Gasteiger partial charge >= 0.3 is 0 Å². The fraction of sp³-hybridized carbons (Fsp3) is 0.600. The van der Waals surface area contributed by atoms with Gasteiger partial charge in [0.05, 0.1) is 4.47 Å². The van der Waals surface area contributed by atoms with Gasteiger partial charge in [0.15, 0.2) is 11.5 Å². The van der Waals surface area contributed by atoms with Crippen LogP contribution in [-0.4, -0.2) is 31.3 Å². The Hall–Kier alpha value is -0.780. The first-order chi connectivity index (χ1) is 9.50. The summed E-state index contributed by atoms with van der Waals surface area (Å²) >= 11 is 3.56. The molecule has 1 atom stereocenters. The topological polar surface area (TPSA) is 47.7 Å². The van der Waals surface area contributed by atoms with Crippen LogP contribution in [0.3, 0.4) is 0 Å². The number of halogens is 1. The molecule has 0 aliphatic carbocycles. The summed E-state index contributed by atoms with van der Waals surface area (Å²) in [6, 6.07) is 4.41. The Bertz CT molecular complexity index is 519. The van der Waals surface area contributed by atoms with E-state index in [-0.39, 0.29) is 6.04 Å². The van der Waals surface area contributed by atoms with Crippen molar-refractivity contribution in [3.05, 3.63) is 22.2 Å². The highest BCUT2D eigenvalue weighted by Gasteiger charge is 2.34. The van der Waals surface area contributed by atoms with E-state index >= 15 is 0 Å². The summed E-state index contributed by atoms with van der Waals surface area (Å²) in [5.41, 5.74) is 7.61. The molecule has 20 heavy (non-hydrogen) atoms. The molecule has 0 saturated carbocycles. The molecule has 110 valence electrons. The summed E-state index contributed by atoms with van der Waals surface area (Å²) in [6.07, 6.45) is 1.22. The zero-order chi connectivity index (χ0) is 14.3. The minimum atomic E-state index is 0.238. The lowest BCUT2D eigenvalue weighted by molar-refractivity contribution is 0.173. The molecule has 0 spiro atoms. The summed E-state index contributed by atoms with van der Waals surface area (Å²) in [5, 5.41) is 0. The Morgan fingerprint density at radius 1 is 1.40 bits per heavy atom. The highest BCUT2D eigenvalue weighted by Crippen LogP contribution is 2.43. The second-order valence-electron chi connectivity index (χ2n) is 6.37. The number of hydrogen-bond acceptors (Lipinski definition) is 4. The van der Waals surface area contributed by atoms with Crippen LogP contribution in [0.4, 0.5) is 0 Å². The van der Waals surface area contributed by atoms with Crippen LogP contribution in [0.15, 0.2) is 16.6 Å². The standard InChI is InChI=1S/C15H21BrN2O2/c1-15(2)3-4-18(8-15)12(7-17)10-5-11(16)14-13(6-10)19-9-20-14/h5-6,12H,3-4,7-9,17H2,1-2H3. The summed E-state index contributed by atoms with van der Waals surface area (Å²) in [7, 11) is 0. The SMILES string of the molecule is CC1(C)CCN(C(CN)c2cc(Br)c3c(c2)OCO3)C1. The molecule has 3 rings (SSSR count). The molecule has 2 aliphatic heterocycles. The first kappa shape index (κ1) is 14.2. The minimum absolute atomic E-state index is 0.238. The number of rotatable bonds is 3. The molecule has 1 unspecified atom stereocenters. The molecular weight excluding hydrogens is 320 g/mol. The van der Waals surface area contributed by atoms with E-state index in [0.29, 0.717) is 18.8 Å². The molecular formula is C15H21BrN2O2. The van der Waals surface area contributed by atoms with Gasteiger partial charge in [0.2, 0.25) is 6.79 Å². The highest BCUT2D eigenvalue weighted by atomic mass is 79.9. The number of fused-ring (bicyclic) bond motifs is 1. The Balaban J connectivity index is 1.89. The van der Waals surface area contributed by atoms with E-state index in [4.69, 9.17) is 15.2 Å². The van der Waals surface area contributed by atoms with Crippen molar-refractivity contribution in [1.82, 2.24) is 4.90 Å². The fourth-order valence-electron chi connectivity index (χ4n) is 3.10. The van der Waals surface area contributed by atoms with E-state index in [2.05, 4.69) is 46.8 Å². The Morgan fingerprint density at radius 2 is 2.20 bits per heavy atom. The lowest BCUT2D eigenvalue weighted by atomic mass is 9.93. The smallest absolute Gasteiger partial charge is 0.231 e. The maximum absolute atomic E-state index is 6.04. The van der Waals surface area contributed by atoms with Crippen LogP contribution in [-0.2, 0) is 0 Å². The van der Waals surface area contributed by atoms with Gasteiger partial charge in [-0.15, -0.1) is 0 Å². The van der Waals surface area contributed by atoms with Crippen LogP contribution in [0, 0.1) is 5.41 Å². The van der Waals surface area contributed by atoms with Crippen molar-refractivity contribution in [1.29, 1.82) is 0 Å². The number of hydrogen-bond donors (Lipinski definition) is 1. The van der Waals surface area contributed by atoms with E-state index < -0.39 is 0 Å². The van der Waals surface area contributed by atoms with Gasteiger partial charge in [-0.25, -0.2) is 0 Å². The van der Waals surface area contributed by atoms with Gasteiger partial charge in [-0.2, -0.15) is 0 Å². The van der Waals surface area contributed by atoms with Gasteiger partial charge < -0.3 is 15.2 Å². The molecule has 4 nitrogen and oxygen atoms in total. The van der Waals surface area contributed by atoms with E-state index in [1.54, 1.807) is 0 Å². The summed E-state index contributed by atoms with van der Waals surface area (Å²) in [5.74, 6) is 1.61. The van der Waals surface area contributed by atoms with Gasteiger partial charge in [0.1, 0.15) is 0 Å². The van der Waals surface area contributed by atoms with Crippen LogP contribution < -0.4 is 15.2 Å². The Kier molecular flexibility index (Phi) is 3.69. The molecule has 0 amide bonds. The molecule has 0 bridgehead atoms. The summed E-state index contributed by atoms with van der Waals surface area (Å²) in [6.45, 7) is 7.72. The van der Waals surface area contributed by atoms with Gasteiger partial charge in [-0.05, 0) is 52.0 Å². The molecule has 5 heteroatoms. The van der Waals surface area contributed by atoms with Crippen LogP contribution in [0.25, 0.3) is 0 Å². The van der Waals surface area contributed by atoms with Crippen molar-refractivity contribution in [3.8, 4) is 11.5 Å². The van der Waals surface area contributed by atoms with E-state index in [9.17, 15) is 0 Å². The third-order valence-corrected chi connectivity index (χ3v) is 4.79. The predicted octanol–water partition coefficient (Wildman–Crippen LogP) is 2.91. The van der Waals surface area contributed by atoms with Crippen LogP contribution in [0.1, 0.15) is 31.9 Å². The Morgan fingerprint density at radius 3 is 2.85 bits per heavy atom. The zero-order valence-electron chi connectivity index (χ0n) is 12.0. The van der Waals surface area contributed by atoms with Crippen LogP contribution >= 0.6 is 15.9 Å². The molecule has 1 aromatic carbocycles. The molecule has 0 aromatic heterocycles. The van der Waals surface area contributed by atoms with E-state index in [1.165, 1.54) is 12.0 Å². The first-order valence-corrected chi connectivity index (χ1v) is 7.83. The maximum Gasteiger partial charge on any atom is 0.231 e. The highest BCUT2D eigenvalue weighted by molar-refractivity contribution is 9.10. The third-order valence-electron chi connectivity index (χ3n) is 4.21. The molecule has 1 aromatic rings. The fourth-order valence-corrected chi connectivity index (χ4v) is 3.67. The number of ether oxygens (including phenoxy) is 2. The molecule has 1 saturated heterocycles. The van der Waals surface area contributed by atoms with E-state index in [0.717, 1.165) is 29.1 Å². The zero-order valence-corrected chi connectivity index (χ0v) is 13.6. The summed E-state index contributed by atoms with van der Waals surface area (Å²) in [4.78, 5) is 2.48. The van der Waals surface area contributed by atoms with Crippen LogP contribution in [0.5, 0.6) is 11.5 Å². The number of nitrogens with two attached hydrogens (primary N) is 1. The maximum atomic E-state index is 6.04. The average Bonchev–Trinajstić information content (AvgIpc) is 2.97. The third kappa shape index (κ3) is 2.54. The quantitative estimate of drug-likeness (QED) is 0.918. The number of nitrogens with zero attached hydrogens (tertiary/aromatic N) is 1. The number of likely N-dealkylation sites (tertiary alicyclic amines) is 1. The predicted molar refractivity (Wildman–Crippen MR) is 82.0 cm³/mol. The van der Waals surface area contributed by atoms with Crippen molar-refractivity contribution in [2.24, 2.45) is 11.1 Å². The second-order valence-corrected chi connectivity index (χ2v) is 7.23. The van der Waals surface area contributed by atoms with Crippen molar-refractivity contribution in [2.75, 3.05) is 26.4 Å². The lowest BCUT2D eigenvalue weighted by Gasteiger charge is -2.28. The largest absolute Gasteiger partial charge is 0.454 e. The average molecular weight is 341 g/mol. The van der Waals surface area contributed by atoms with Crippen molar-refractivity contribution < 1.29 is 9.47 Å². The molecule has 2 aliphatic rings. The van der Waals surface area contributed by atoms with Gasteiger partial charge in [-0.1, -0.05) is 13.8 Å². The summed E-state index contributed by atoms with van der Waals surface area (Å²) < 4.78 is 11.9. The van der Waals surface area contributed by atoms with Gasteiger partial charge in [0.25, 0.3) is 0 Å². The van der Waals surface area contributed by atoms with Crippen molar-refractivity contribution in [3.63, 3.8) is 0 Å². The first-order valence-electron chi connectivity index (χ1n) is 7.03. The molecule has 0 radical (unpaired) electrons. The van der Waals surface area contributed by atoms with Crippen molar-refractivity contribution >= 4 is 15.9 Å². The monoisotopic (exact) mass is 340 g/mol. The second kappa shape index (κ2) is 5.20. The van der Waals surface area contributed by atoms with Crippen molar-refractivity contribution in [2.45, 2.75) is 26.3 Å². The van der Waals surface area contributed by atoms with Crippen LogP contribution in [0.2, 0.25) is 0 Å². The number of benzene rings is 1. The van der Waals surface area contributed by atoms with Gasteiger partial charge in [0, 0.05) is 19.1 Å². The van der Waals surface area contributed by atoms with Gasteiger partial charge in [-0.3, -0.25) is 4.90 Å². The van der Waals surface area contributed by atoms with E-state index in [1.807, 2.05) is 0 Å². The molecule has 1 fully saturated rings. The minimum Gasteiger partial charge on any atom is -0.454 e. The molecule has 2 heterocycles. The molecule has 2 N–H and O–H groups in total. The normalized spacial score (nSPS) is 22.2. The Labute approximate surface area is 128 Å².